The van der Waals surface area contributed by atoms with Gasteiger partial charge in [-0.3, -0.25) is 4.98 Å². The second kappa shape index (κ2) is 4.31. The minimum atomic E-state index is 0.904. The molecule has 1 heterocycles. The van der Waals surface area contributed by atoms with E-state index in [0.29, 0.717) is 0 Å². The number of hydrogen-bond acceptors (Lipinski definition) is 2. The van der Waals surface area contributed by atoms with Gasteiger partial charge in [-0.1, -0.05) is 17.7 Å². The summed E-state index contributed by atoms with van der Waals surface area (Å²) in [5.41, 5.74) is 3.53. The van der Waals surface area contributed by atoms with Crippen LogP contribution in [0.25, 0.3) is 0 Å². The van der Waals surface area contributed by atoms with Crippen LogP contribution in [0.1, 0.15) is 16.7 Å². The zero-order chi connectivity index (χ0) is 11.5. The van der Waals surface area contributed by atoms with Crippen molar-refractivity contribution in [3.63, 3.8) is 0 Å². The summed E-state index contributed by atoms with van der Waals surface area (Å²) in [7, 11) is 0. The van der Waals surface area contributed by atoms with Crippen LogP contribution in [-0.2, 0) is 0 Å². The van der Waals surface area contributed by atoms with Gasteiger partial charge in [-0.25, -0.2) is 4.84 Å². The van der Waals surface area contributed by atoms with E-state index in [2.05, 4.69) is 37.9 Å². The first-order chi connectivity index (χ1) is 7.66. The summed E-state index contributed by atoms with van der Waals surface area (Å²) in [6.45, 7) is 6.19. The maximum atomic E-state index is 5.77. The summed E-state index contributed by atoms with van der Waals surface area (Å²) in [6, 6.07) is 4.23. The fraction of sp³-hybridized carbons (Fsp3) is 0.231. The monoisotopic (exact) mass is 215 g/mol. The van der Waals surface area contributed by atoms with Crippen LogP contribution >= 0.6 is 0 Å². The lowest BCUT2D eigenvalue weighted by Gasteiger charge is -2.06. The maximum absolute atomic E-state index is 5.77. The van der Waals surface area contributed by atoms with Gasteiger partial charge in [0.05, 0.1) is 12.4 Å². The van der Waals surface area contributed by atoms with Gasteiger partial charge in [-0.05, 0) is 31.9 Å². The highest BCUT2D eigenvalue weighted by molar-refractivity contribution is 5.42. The van der Waals surface area contributed by atoms with E-state index in [0.717, 1.165) is 16.9 Å². The van der Waals surface area contributed by atoms with E-state index in [1.807, 2.05) is 0 Å². The van der Waals surface area contributed by atoms with Gasteiger partial charge < -0.3 is 0 Å². The molecule has 0 saturated carbocycles. The van der Waals surface area contributed by atoms with Gasteiger partial charge in [0, 0.05) is 4.73 Å². The molecule has 0 atom stereocenters. The molecule has 1 aromatic carbocycles. The zero-order valence-corrected chi connectivity index (χ0v) is 9.77. The molecule has 0 radical (unpaired) electrons. The lowest BCUT2D eigenvalue weighted by atomic mass is 10.1. The minimum absolute atomic E-state index is 0.904. The van der Waals surface area contributed by atoms with Gasteiger partial charge in [-0.2, -0.15) is 0 Å². The summed E-state index contributed by atoms with van der Waals surface area (Å²) >= 11 is 0. The molecule has 3 nitrogen and oxygen atoms in total. The first-order valence-electron chi connectivity index (χ1n) is 5.24. The number of aryl methyl sites for hydroxylation is 3. The fourth-order valence-corrected chi connectivity index (χ4v) is 1.78. The normalized spacial score (nSPS) is 10.2. The van der Waals surface area contributed by atoms with Crippen LogP contribution in [0.15, 0.2) is 36.9 Å². The highest BCUT2D eigenvalue weighted by Crippen LogP contribution is 2.23. The molecule has 2 rings (SSSR count). The smallest absolute Gasteiger partial charge is 0.241 e. The van der Waals surface area contributed by atoms with Crippen molar-refractivity contribution < 1.29 is 9.57 Å². The van der Waals surface area contributed by atoms with Crippen LogP contribution in [0.5, 0.6) is 5.75 Å². The number of rotatable bonds is 2. The number of nitrogens with zero attached hydrogens (tertiary/aromatic N) is 2. The molecule has 3 heteroatoms. The molecular formula is C13H15N2O+. The van der Waals surface area contributed by atoms with Gasteiger partial charge in [0.15, 0.2) is 0 Å². The molecule has 0 aliphatic rings. The van der Waals surface area contributed by atoms with E-state index >= 15 is 0 Å². The Hall–Kier alpha value is -1.90. The minimum Gasteiger partial charge on any atom is -0.252 e. The molecule has 0 aliphatic carbocycles. The van der Waals surface area contributed by atoms with Crippen molar-refractivity contribution >= 4 is 0 Å². The molecule has 82 valence electrons. The standard InChI is InChI=1S/C13H15N2O/c1-10-8-11(2)13(12(3)9-10)16-15-6-4-14-5-7-15/h4-9H,1-3H3/q+1. The molecule has 2 aromatic rings. The number of benzene rings is 1. The fourth-order valence-electron chi connectivity index (χ4n) is 1.78. The van der Waals surface area contributed by atoms with Crippen LogP contribution in [0, 0.1) is 20.8 Å². The van der Waals surface area contributed by atoms with Crippen molar-refractivity contribution in [3.8, 4) is 5.75 Å². The van der Waals surface area contributed by atoms with Gasteiger partial charge >= 0.3 is 0 Å². The SMILES string of the molecule is Cc1cc(C)c(O[n+]2ccncc2)c(C)c1. The maximum Gasteiger partial charge on any atom is 0.241 e. The Bertz CT molecular complexity index is 472. The van der Waals surface area contributed by atoms with Crippen LogP contribution in [0.3, 0.4) is 0 Å². The van der Waals surface area contributed by atoms with Crippen molar-refractivity contribution in [3.05, 3.63) is 53.6 Å². The Labute approximate surface area is 95.3 Å². The molecule has 0 saturated heterocycles. The summed E-state index contributed by atoms with van der Waals surface area (Å²) < 4.78 is 1.65. The summed E-state index contributed by atoms with van der Waals surface area (Å²) in [5.74, 6) is 0.904. The molecular weight excluding hydrogens is 200 g/mol. The first-order valence-corrected chi connectivity index (χ1v) is 5.24. The highest BCUT2D eigenvalue weighted by Gasteiger charge is 2.10. The van der Waals surface area contributed by atoms with Crippen LogP contribution in [0.2, 0.25) is 0 Å². The molecule has 0 fully saturated rings. The largest absolute Gasteiger partial charge is 0.252 e. The van der Waals surface area contributed by atoms with E-state index < -0.39 is 0 Å². The van der Waals surface area contributed by atoms with Gasteiger partial charge in [0.1, 0.15) is 0 Å². The van der Waals surface area contributed by atoms with Crippen LogP contribution < -0.4 is 9.57 Å². The quantitative estimate of drug-likeness (QED) is 0.717. The lowest BCUT2D eigenvalue weighted by molar-refractivity contribution is -0.875. The van der Waals surface area contributed by atoms with E-state index in [-0.39, 0.29) is 0 Å². The molecule has 0 aliphatic heterocycles. The Morgan fingerprint density at radius 3 is 2.12 bits per heavy atom. The van der Waals surface area contributed by atoms with E-state index in [4.69, 9.17) is 4.84 Å². The molecule has 0 N–H and O–H groups in total. The van der Waals surface area contributed by atoms with Crippen molar-refractivity contribution in [1.82, 2.24) is 4.98 Å². The number of aromatic nitrogens is 2. The zero-order valence-electron chi connectivity index (χ0n) is 9.77. The number of hydrogen-bond donors (Lipinski definition) is 0. The molecule has 0 amide bonds. The molecule has 0 unspecified atom stereocenters. The van der Waals surface area contributed by atoms with Gasteiger partial charge in [0.2, 0.25) is 18.1 Å². The summed E-state index contributed by atoms with van der Waals surface area (Å²) in [6.07, 6.45) is 6.94. The average molecular weight is 215 g/mol. The van der Waals surface area contributed by atoms with Crippen molar-refractivity contribution in [2.24, 2.45) is 0 Å². The van der Waals surface area contributed by atoms with Crippen LogP contribution in [-0.4, -0.2) is 4.98 Å². The Balaban J connectivity index is 2.35. The average Bonchev–Trinajstić information content (AvgIpc) is 2.25. The van der Waals surface area contributed by atoms with Gasteiger partial charge in [-0.15, -0.1) is 0 Å². The van der Waals surface area contributed by atoms with Crippen molar-refractivity contribution in [2.45, 2.75) is 20.8 Å². The molecule has 16 heavy (non-hydrogen) atoms. The molecule has 1 aromatic heterocycles. The predicted molar refractivity (Wildman–Crippen MR) is 61.1 cm³/mol. The van der Waals surface area contributed by atoms with Gasteiger partial charge in [0.25, 0.3) is 0 Å². The Kier molecular flexibility index (Phi) is 2.86. The lowest BCUT2D eigenvalue weighted by Crippen LogP contribution is -2.39. The topological polar surface area (TPSA) is 26.0 Å². The van der Waals surface area contributed by atoms with E-state index in [1.165, 1.54) is 5.56 Å². The van der Waals surface area contributed by atoms with Crippen molar-refractivity contribution in [2.75, 3.05) is 0 Å². The van der Waals surface area contributed by atoms with Crippen molar-refractivity contribution in [1.29, 1.82) is 0 Å². The molecule has 0 bridgehead atoms. The summed E-state index contributed by atoms with van der Waals surface area (Å²) in [5, 5.41) is 0. The van der Waals surface area contributed by atoms with E-state index in [9.17, 15) is 0 Å². The molecule has 0 spiro atoms. The third kappa shape index (κ3) is 2.19. The van der Waals surface area contributed by atoms with E-state index in [1.54, 1.807) is 29.5 Å². The Morgan fingerprint density at radius 2 is 1.56 bits per heavy atom. The second-order valence-corrected chi connectivity index (χ2v) is 3.92. The third-order valence-corrected chi connectivity index (χ3v) is 2.40. The van der Waals surface area contributed by atoms with Crippen LogP contribution in [0.4, 0.5) is 0 Å². The highest BCUT2D eigenvalue weighted by atomic mass is 16.7. The first kappa shape index (κ1) is 10.6. The predicted octanol–water partition coefficient (Wildman–Crippen LogP) is 2.14. The summed E-state index contributed by atoms with van der Waals surface area (Å²) in [4.78, 5) is 9.72. The Morgan fingerprint density at radius 1 is 1.00 bits per heavy atom. The third-order valence-electron chi connectivity index (χ3n) is 2.40. The second-order valence-electron chi connectivity index (χ2n) is 3.92.